The zero-order valence-corrected chi connectivity index (χ0v) is 4.07. The third-order valence-corrected chi connectivity index (χ3v) is 0.860. The molecule has 0 radical (unpaired) electrons. The lowest BCUT2D eigenvalue weighted by atomic mass is 10.7. The van der Waals surface area contributed by atoms with Crippen LogP contribution in [0, 0.1) is 0 Å². The second kappa shape index (κ2) is 1.39. The molecule has 1 N–H and O–H groups in total. The highest BCUT2D eigenvalue weighted by Crippen LogP contribution is 1.96. The molecule has 0 amide bonds. The first-order valence-corrected chi connectivity index (χ1v) is 2.16. The summed E-state index contributed by atoms with van der Waals surface area (Å²) in [5, 5.41) is 0.912. The minimum Gasteiger partial charge on any atom is -0.357 e. The van der Waals surface area contributed by atoms with Crippen LogP contribution < -0.4 is 0 Å². The van der Waals surface area contributed by atoms with Gasteiger partial charge in [0.15, 0.2) is 0 Å². The van der Waals surface area contributed by atoms with Gasteiger partial charge in [-0.15, -0.1) is 12.6 Å². The Morgan fingerprint density at radius 2 is 2.50 bits per heavy atom. The summed E-state index contributed by atoms with van der Waals surface area (Å²) in [5.74, 6) is 0. The monoisotopic (exact) mass is 99.0 g/mol. The fourth-order valence-corrected chi connectivity index (χ4v) is 0.481. The maximum Gasteiger partial charge on any atom is 0.0690 e. The van der Waals surface area contributed by atoms with E-state index in [1.54, 1.807) is 0 Å². The second-order valence-electron chi connectivity index (χ2n) is 1.06. The Bertz CT molecular complexity index is 111. The molecule has 6 heavy (non-hydrogen) atoms. The highest BCUT2D eigenvalue weighted by atomic mass is 32.1. The lowest BCUT2D eigenvalue weighted by Crippen LogP contribution is -1.51. The largest absolute Gasteiger partial charge is 0.357 e. The Labute approximate surface area is 41.8 Å². The van der Waals surface area contributed by atoms with Gasteiger partial charge in [0.1, 0.15) is 0 Å². The predicted molar refractivity (Wildman–Crippen MR) is 28.0 cm³/mol. The number of aromatic nitrogens is 1. The normalized spacial score (nSPS) is 8.83. The quantitative estimate of drug-likeness (QED) is 0.456. The first-order chi connectivity index (χ1) is 2.89. The average molecular weight is 99.2 g/mol. The van der Waals surface area contributed by atoms with E-state index in [9.17, 15) is 0 Å². The van der Waals surface area contributed by atoms with Crippen LogP contribution in [-0.2, 0) is 0 Å². The standard InChI is InChI=1S/C4H5NS/c6-4-2-1-3-5-4/h1-3,5-6H. The van der Waals surface area contributed by atoms with E-state index < -0.39 is 0 Å². The van der Waals surface area contributed by atoms with Crippen LogP contribution in [0.5, 0.6) is 0 Å². The summed E-state index contributed by atoms with van der Waals surface area (Å²) in [6, 6.07) is 3.80. The molecule has 0 aliphatic rings. The van der Waals surface area contributed by atoms with Gasteiger partial charge in [0.2, 0.25) is 0 Å². The molecule has 32 valence electrons. The number of thiol groups is 1. The number of hydrogen-bond donors (Lipinski definition) is 2. The molecule has 0 fully saturated rings. The van der Waals surface area contributed by atoms with Crippen LogP contribution in [0.25, 0.3) is 0 Å². The maximum atomic E-state index is 3.98. The Morgan fingerprint density at radius 1 is 1.67 bits per heavy atom. The molecule has 1 aromatic rings. The summed E-state index contributed by atoms with van der Waals surface area (Å²) in [6.45, 7) is 0. The van der Waals surface area contributed by atoms with E-state index >= 15 is 0 Å². The van der Waals surface area contributed by atoms with Crippen molar-refractivity contribution < 1.29 is 0 Å². The van der Waals surface area contributed by atoms with E-state index in [-0.39, 0.29) is 0 Å². The number of H-pyrrole nitrogens is 1. The third-order valence-electron chi connectivity index (χ3n) is 0.582. The molecule has 0 aliphatic heterocycles. The van der Waals surface area contributed by atoms with E-state index in [0.29, 0.717) is 0 Å². The molecule has 1 heterocycles. The lowest BCUT2D eigenvalue weighted by Gasteiger charge is -1.69. The summed E-state index contributed by atoms with van der Waals surface area (Å²) in [5.41, 5.74) is 0. The van der Waals surface area contributed by atoms with E-state index in [1.807, 2.05) is 18.3 Å². The van der Waals surface area contributed by atoms with Crippen LogP contribution in [0.1, 0.15) is 0 Å². The highest BCUT2D eigenvalue weighted by Gasteiger charge is 1.73. The predicted octanol–water partition coefficient (Wildman–Crippen LogP) is 1.30. The molecule has 1 rings (SSSR count). The molecule has 2 heteroatoms. The highest BCUT2D eigenvalue weighted by molar-refractivity contribution is 7.80. The van der Waals surface area contributed by atoms with Crippen LogP contribution in [0.3, 0.4) is 0 Å². The van der Waals surface area contributed by atoms with Crippen LogP contribution in [0.4, 0.5) is 0 Å². The molecule has 0 aliphatic carbocycles. The van der Waals surface area contributed by atoms with Gasteiger partial charge in [0.25, 0.3) is 0 Å². The van der Waals surface area contributed by atoms with Crippen molar-refractivity contribution in [2.75, 3.05) is 0 Å². The third kappa shape index (κ3) is 0.571. The van der Waals surface area contributed by atoms with Crippen molar-refractivity contribution in [2.24, 2.45) is 0 Å². The summed E-state index contributed by atoms with van der Waals surface area (Å²) in [4.78, 5) is 2.86. The van der Waals surface area contributed by atoms with Crippen molar-refractivity contribution >= 4 is 12.6 Å². The van der Waals surface area contributed by atoms with Gasteiger partial charge in [-0.1, -0.05) is 0 Å². The van der Waals surface area contributed by atoms with Gasteiger partial charge in [0.05, 0.1) is 5.03 Å². The van der Waals surface area contributed by atoms with Crippen molar-refractivity contribution in [3.8, 4) is 0 Å². The molecule has 0 atom stereocenters. The molecule has 0 aromatic carbocycles. The van der Waals surface area contributed by atoms with Gasteiger partial charge in [0, 0.05) is 6.20 Å². The van der Waals surface area contributed by atoms with Crippen LogP contribution in [-0.4, -0.2) is 4.98 Å². The average Bonchev–Trinajstić information content (AvgIpc) is 1.86. The first kappa shape index (κ1) is 3.81. The molecule has 1 nitrogen and oxygen atoms in total. The molecule has 0 saturated carbocycles. The van der Waals surface area contributed by atoms with Crippen molar-refractivity contribution in [3.63, 3.8) is 0 Å². The Balaban J connectivity index is 3.05. The fraction of sp³-hybridized carbons (Fsp3) is 0. The minimum absolute atomic E-state index is 0.912. The van der Waals surface area contributed by atoms with Gasteiger partial charge in [-0.25, -0.2) is 0 Å². The van der Waals surface area contributed by atoms with Crippen molar-refractivity contribution in [3.05, 3.63) is 18.3 Å². The molecule has 1 aromatic heterocycles. The van der Waals surface area contributed by atoms with E-state index in [4.69, 9.17) is 0 Å². The van der Waals surface area contributed by atoms with Crippen LogP contribution in [0.2, 0.25) is 0 Å². The zero-order chi connectivity index (χ0) is 4.41. The maximum absolute atomic E-state index is 3.98. The van der Waals surface area contributed by atoms with Gasteiger partial charge in [-0.3, -0.25) is 0 Å². The van der Waals surface area contributed by atoms with Crippen molar-refractivity contribution in [2.45, 2.75) is 5.03 Å². The van der Waals surface area contributed by atoms with Crippen LogP contribution in [0.15, 0.2) is 23.4 Å². The van der Waals surface area contributed by atoms with Gasteiger partial charge in [-0.05, 0) is 12.1 Å². The summed E-state index contributed by atoms with van der Waals surface area (Å²) < 4.78 is 0. The molecule has 0 bridgehead atoms. The Kier molecular flexibility index (Phi) is 0.881. The molecular formula is C4H5NS. The van der Waals surface area contributed by atoms with Gasteiger partial charge < -0.3 is 4.98 Å². The van der Waals surface area contributed by atoms with Crippen molar-refractivity contribution in [1.29, 1.82) is 0 Å². The van der Waals surface area contributed by atoms with Crippen molar-refractivity contribution in [1.82, 2.24) is 4.98 Å². The lowest BCUT2D eigenvalue weighted by molar-refractivity contribution is 1.21. The van der Waals surface area contributed by atoms with E-state index in [2.05, 4.69) is 17.6 Å². The molecule has 0 saturated heterocycles. The zero-order valence-electron chi connectivity index (χ0n) is 3.18. The topological polar surface area (TPSA) is 15.8 Å². The number of nitrogens with one attached hydrogen (secondary N) is 1. The second-order valence-corrected chi connectivity index (χ2v) is 1.54. The SMILES string of the molecule is Sc1ccc[nH]1. The van der Waals surface area contributed by atoms with E-state index in [0.717, 1.165) is 5.03 Å². The molecule has 0 spiro atoms. The number of rotatable bonds is 0. The summed E-state index contributed by atoms with van der Waals surface area (Å²) >= 11 is 3.98. The first-order valence-electron chi connectivity index (χ1n) is 1.72. The van der Waals surface area contributed by atoms with Gasteiger partial charge >= 0.3 is 0 Å². The Hall–Kier alpha value is -0.370. The summed E-state index contributed by atoms with van der Waals surface area (Å²) in [7, 11) is 0. The van der Waals surface area contributed by atoms with Gasteiger partial charge in [-0.2, -0.15) is 0 Å². The van der Waals surface area contributed by atoms with E-state index in [1.165, 1.54) is 0 Å². The minimum atomic E-state index is 0.912. The smallest absolute Gasteiger partial charge is 0.0690 e. The van der Waals surface area contributed by atoms with Crippen LogP contribution >= 0.6 is 12.6 Å². The molecule has 0 unspecified atom stereocenters. The summed E-state index contributed by atoms with van der Waals surface area (Å²) in [6.07, 6.45) is 1.84. The fourth-order valence-electron chi connectivity index (χ4n) is 0.321. The molecular weight excluding hydrogens is 94.1 g/mol. The Morgan fingerprint density at radius 3 is 2.67 bits per heavy atom. The number of hydrogen-bond acceptors (Lipinski definition) is 1. The number of aromatic amines is 1.